The maximum atomic E-state index is 14.3. The van der Waals surface area contributed by atoms with Gasteiger partial charge >= 0.3 is 0 Å². The van der Waals surface area contributed by atoms with Gasteiger partial charge in [0.1, 0.15) is 11.2 Å². The van der Waals surface area contributed by atoms with E-state index in [1.54, 1.807) is 19.1 Å². The van der Waals surface area contributed by atoms with Crippen molar-refractivity contribution in [1.82, 2.24) is 18.3 Å². The molecular formula is C21H14ClFN4O3S. The molecule has 31 heavy (non-hydrogen) atoms. The molecule has 5 aromatic rings. The zero-order valence-corrected chi connectivity index (χ0v) is 17.9. The Kier molecular flexibility index (Phi) is 4.18. The lowest BCUT2D eigenvalue weighted by atomic mass is 10.2. The topological polar surface area (TPSA) is 86.3 Å². The van der Waals surface area contributed by atoms with Crippen molar-refractivity contribution in [2.24, 2.45) is 0 Å². The predicted octanol–water partition coefficient (Wildman–Crippen LogP) is 3.84. The largest absolute Gasteiger partial charge is 0.271 e. The molecule has 0 aliphatic rings. The van der Waals surface area contributed by atoms with Gasteiger partial charge in [-0.05, 0) is 55.3 Å². The highest BCUT2D eigenvalue weighted by Gasteiger charge is 2.25. The van der Waals surface area contributed by atoms with Crippen LogP contribution in [0, 0.1) is 19.7 Å². The average molecular weight is 457 g/mol. The second kappa shape index (κ2) is 6.60. The molecule has 0 aliphatic carbocycles. The first-order valence-corrected chi connectivity index (χ1v) is 11.0. The summed E-state index contributed by atoms with van der Waals surface area (Å²) in [7, 11) is -3.99. The molecule has 0 radical (unpaired) electrons. The lowest BCUT2D eigenvalue weighted by molar-refractivity contribution is 0.588. The van der Waals surface area contributed by atoms with Crippen LogP contribution in [-0.2, 0) is 10.0 Å². The van der Waals surface area contributed by atoms with Gasteiger partial charge in [0, 0.05) is 6.20 Å². The van der Waals surface area contributed by atoms with Crippen molar-refractivity contribution in [1.29, 1.82) is 0 Å². The van der Waals surface area contributed by atoms with E-state index in [-0.39, 0.29) is 32.4 Å². The Morgan fingerprint density at radius 1 is 0.968 bits per heavy atom. The van der Waals surface area contributed by atoms with E-state index < -0.39 is 21.4 Å². The van der Waals surface area contributed by atoms with Gasteiger partial charge in [0.25, 0.3) is 15.6 Å². The summed E-state index contributed by atoms with van der Waals surface area (Å²) in [5.41, 5.74) is 1.00. The zero-order chi connectivity index (χ0) is 22.1. The van der Waals surface area contributed by atoms with Crippen LogP contribution in [0.5, 0.6) is 0 Å². The number of hydrogen-bond donors (Lipinski definition) is 0. The van der Waals surface area contributed by atoms with E-state index in [2.05, 4.69) is 9.97 Å². The van der Waals surface area contributed by atoms with E-state index in [1.807, 2.05) is 6.92 Å². The molecule has 10 heteroatoms. The second-order valence-electron chi connectivity index (χ2n) is 7.22. The summed E-state index contributed by atoms with van der Waals surface area (Å²) < 4.78 is 42.9. The maximum Gasteiger partial charge on any atom is 0.271 e. The molecule has 0 saturated carbocycles. The molecule has 3 aromatic heterocycles. The predicted molar refractivity (Wildman–Crippen MR) is 116 cm³/mol. The molecule has 0 bridgehead atoms. The molecule has 0 aliphatic heterocycles. The molecule has 156 valence electrons. The molecule has 0 amide bonds. The highest BCUT2D eigenvalue weighted by Crippen LogP contribution is 2.29. The summed E-state index contributed by atoms with van der Waals surface area (Å²) in [5.74, 6) is -0.725. The van der Waals surface area contributed by atoms with Crippen LogP contribution in [-0.4, -0.2) is 26.8 Å². The van der Waals surface area contributed by atoms with Crippen LogP contribution in [0.3, 0.4) is 0 Å². The third-order valence-electron chi connectivity index (χ3n) is 5.17. The third-order valence-corrected chi connectivity index (χ3v) is 7.09. The van der Waals surface area contributed by atoms with Gasteiger partial charge in [-0.3, -0.25) is 4.79 Å². The summed E-state index contributed by atoms with van der Waals surface area (Å²) in [6, 6.07) is 10.5. The maximum absolute atomic E-state index is 14.3. The van der Waals surface area contributed by atoms with Gasteiger partial charge in [-0.15, -0.1) is 0 Å². The zero-order valence-electron chi connectivity index (χ0n) is 16.3. The molecule has 0 unspecified atom stereocenters. The highest BCUT2D eigenvalue weighted by molar-refractivity contribution is 7.90. The van der Waals surface area contributed by atoms with Gasteiger partial charge < -0.3 is 0 Å². The molecule has 5 rings (SSSR count). The van der Waals surface area contributed by atoms with Crippen LogP contribution >= 0.6 is 11.6 Å². The van der Waals surface area contributed by atoms with Gasteiger partial charge in [0.2, 0.25) is 5.28 Å². The van der Waals surface area contributed by atoms with Gasteiger partial charge in [-0.25, -0.2) is 26.2 Å². The van der Waals surface area contributed by atoms with Crippen LogP contribution in [0.25, 0.3) is 27.6 Å². The fraction of sp³-hybridized carbons (Fsp3) is 0.0952. The first-order chi connectivity index (χ1) is 14.7. The minimum absolute atomic E-state index is 0.0331. The van der Waals surface area contributed by atoms with Crippen LogP contribution in [0.4, 0.5) is 4.39 Å². The number of hydrogen-bond acceptors (Lipinski definition) is 5. The standard InChI is InChI=1S/C21H14ClFN4O3S/c1-11-6-8-13(9-7-11)31(29,30)26-10-12(2)16-18(26)25-21(22)27-19(16)24-15-5-3-4-14(23)17(15)20(27)28/h3-10H,1-2H3. The summed E-state index contributed by atoms with van der Waals surface area (Å²) in [5, 5.41) is -0.195. The number of fused-ring (bicyclic) bond motifs is 4. The minimum Gasteiger partial charge on any atom is -0.268 e. The smallest absolute Gasteiger partial charge is 0.268 e. The van der Waals surface area contributed by atoms with Gasteiger partial charge in [-0.1, -0.05) is 23.8 Å². The molecular weight excluding hydrogens is 443 g/mol. The Hall–Kier alpha value is -3.30. The van der Waals surface area contributed by atoms with Crippen LogP contribution < -0.4 is 5.56 Å². The molecule has 0 N–H and O–H groups in total. The quantitative estimate of drug-likeness (QED) is 0.297. The Bertz CT molecular complexity index is 1710. The van der Waals surface area contributed by atoms with Crippen molar-refractivity contribution in [3.63, 3.8) is 0 Å². The van der Waals surface area contributed by atoms with Gasteiger partial charge in [0.05, 0.1) is 15.8 Å². The number of halogens is 2. The van der Waals surface area contributed by atoms with E-state index in [0.717, 1.165) is 20.0 Å². The molecule has 0 fully saturated rings. The number of aromatic nitrogens is 4. The summed E-state index contributed by atoms with van der Waals surface area (Å²) in [6.07, 6.45) is 1.41. The highest BCUT2D eigenvalue weighted by atomic mass is 35.5. The third kappa shape index (κ3) is 2.77. The van der Waals surface area contributed by atoms with Crippen molar-refractivity contribution in [3.05, 3.63) is 81.2 Å². The Morgan fingerprint density at radius 2 is 1.68 bits per heavy atom. The minimum atomic E-state index is -3.99. The Balaban J connectivity index is 1.93. The molecule has 0 atom stereocenters. The van der Waals surface area contributed by atoms with E-state index in [4.69, 9.17) is 11.6 Å². The summed E-state index contributed by atoms with van der Waals surface area (Å²) in [6.45, 7) is 3.54. The van der Waals surface area contributed by atoms with Crippen molar-refractivity contribution < 1.29 is 12.8 Å². The lowest BCUT2D eigenvalue weighted by Gasteiger charge is -2.10. The fourth-order valence-corrected chi connectivity index (χ4v) is 5.24. The number of benzene rings is 2. The molecule has 3 heterocycles. The van der Waals surface area contributed by atoms with Crippen molar-refractivity contribution in [3.8, 4) is 0 Å². The molecule has 2 aromatic carbocycles. The Labute approximate surface area is 180 Å². The van der Waals surface area contributed by atoms with E-state index in [1.165, 1.54) is 30.5 Å². The monoisotopic (exact) mass is 456 g/mol. The number of nitrogens with zero attached hydrogens (tertiary/aromatic N) is 4. The van der Waals surface area contributed by atoms with Crippen molar-refractivity contribution in [2.45, 2.75) is 18.7 Å². The van der Waals surface area contributed by atoms with E-state index in [0.29, 0.717) is 10.9 Å². The average Bonchev–Trinajstić information content (AvgIpc) is 3.05. The Morgan fingerprint density at radius 3 is 2.39 bits per heavy atom. The fourth-order valence-electron chi connectivity index (χ4n) is 3.64. The number of rotatable bonds is 2. The SMILES string of the molecule is Cc1ccc(S(=O)(=O)n2cc(C)c3c2nc(Cl)n2c(=O)c4c(F)cccc4nc32)cc1. The lowest BCUT2D eigenvalue weighted by Crippen LogP contribution is -2.19. The van der Waals surface area contributed by atoms with Crippen LogP contribution in [0.2, 0.25) is 5.28 Å². The molecule has 0 spiro atoms. The van der Waals surface area contributed by atoms with E-state index >= 15 is 0 Å². The summed E-state index contributed by atoms with van der Waals surface area (Å²) in [4.78, 5) is 21.7. The first-order valence-electron chi connectivity index (χ1n) is 9.20. The van der Waals surface area contributed by atoms with Crippen LogP contribution in [0.15, 0.2) is 58.4 Å². The van der Waals surface area contributed by atoms with Crippen molar-refractivity contribution >= 4 is 49.2 Å². The van der Waals surface area contributed by atoms with Gasteiger partial charge in [0.15, 0.2) is 11.3 Å². The van der Waals surface area contributed by atoms with Crippen molar-refractivity contribution in [2.75, 3.05) is 0 Å². The van der Waals surface area contributed by atoms with Crippen LogP contribution in [0.1, 0.15) is 11.1 Å². The first kappa shape index (κ1) is 19.7. The second-order valence-corrected chi connectivity index (χ2v) is 9.37. The number of aryl methyl sites for hydroxylation is 2. The molecule has 7 nitrogen and oxygen atoms in total. The normalized spacial score (nSPS) is 12.3. The molecule has 0 saturated heterocycles. The van der Waals surface area contributed by atoms with Gasteiger partial charge in [-0.2, -0.15) is 4.98 Å². The summed E-state index contributed by atoms with van der Waals surface area (Å²) >= 11 is 6.27. The van der Waals surface area contributed by atoms with E-state index in [9.17, 15) is 17.6 Å².